The summed E-state index contributed by atoms with van der Waals surface area (Å²) in [5, 5.41) is 2.48. The van der Waals surface area contributed by atoms with Gasteiger partial charge in [-0.2, -0.15) is 0 Å². The van der Waals surface area contributed by atoms with E-state index in [1.165, 1.54) is 66.4 Å². The molecule has 2 aliphatic heterocycles. The third-order valence-electron chi connectivity index (χ3n) is 11.0. The first-order valence-electron chi connectivity index (χ1n) is 17.0. The Morgan fingerprint density at radius 2 is 1.69 bits per heavy atom. The van der Waals surface area contributed by atoms with Gasteiger partial charge in [0.1, 0.15) is 5.69 Å². The topological polar surface area (TPSA) is 26.3 Å². The van der Waals surface area contributed by atoms with Crippen LogP contribution >= 0.6 is 0 Å². The lowest BCUT2D eigenvalue weighted by atomic mass is 9.76. The third kappa shape index (κ3) is 4.60. The van der Waals surface area contributed by atoms with E-state index >= 15 is 0 Å². The minimum atomic E-state index is -0.00676. The van der Waals surface area contributed by atoms with Gasteiger partial charge in [-0.05, 0) is 88.2 Å². The van der Waals surface area contributed by atoms with E-state index in [9.17, 15) is 0 Å². The van der Waals surface area contributed by atoms with E-state index in [1.807, 2.05) is 0 Å². The van der Waals surface area contributed by atoms with Gasteiger partial charge in [0.2, 0.25) is 5.36 Å². The van der Waals surface area contributed by atoms with Crippen LogP contribution in [0.1, 0.15) is 86.3 Å². The van der Waals surface area contributed by atoms with Crippen LogP contribution in [-0.4, -0.2) is 11.8 Å². The molecule has 0 saturated heterocycles. The Morgan fingerprint density at radius 3 is 2.56 bits per heavy atom. The van der Waals surface area contributed by atoms with Gasteiger partial charge >= 0.3 is 0 Å². The van der Waals surface area contributed by atoms with E-state index in [-0.39, 0.29) is 11.5 Å². The number of aryl methyl sites for hydroxylation is 2. The molecule has 0 bridgehead atoms. The number of aliphatic imine (C=N–C) groups is 1. The molecule has 4 aliphatic rings. The molecule has 45 heavy (non-hydrogen) atoms. The lowest BCUT2D eigenvalue weighted by molar-refractivity contribution is -0.532. The lowest BCUT2D eigenvalue weighted by Crippen LogP contribution is -2.87. The highest BCUT2D eigenvalue weighted by Gasteiger charge is 2.36. The van der Waals surface area contributed by atoms with Crippen LogP contribution in [0.4, 0.5) is 5.69 Å². The van der Waals surface area contributed by atoms with Crippen LogP contribution in [0.5, 0.6) is 0 Å². The molecular formula is C43H43N2+. The maximum Gasteiger partial charge on any atom is 0.232 e. The van der Waals surface area contributed by atoms with Gasteiger partial charge in [-0.3, -0.25) is 0 Å². The summed E-state index contributed by atoms with van der Waals surface area (Å²) in [6.45, 7) is 9.32. The molecule has 0 saturated carbocycles. The van der Waals surface area contributed by atoms with Crippen molar-refractivity contribution in [3.05, 3.63) is 147 Å². The lowest BCUT2D eigenvalue weighted by Gasteiger charge is -2.28. The molecule has 2 nitrogen and oxygen atoms in total. The maximum atomic E-state index is 5.43. The minimum Gasteiger partial charge on any atom is -0.246 e. The summed E-state index contributed by atoms with van der Waals surface area (Å²) in [4.78, 5) is 9.43. The van der Waals surface area contributed by atoms with E-state index in [0.29, 0.717) is 11.8 Å². The fourth-order valence-corrected chi connectivity index (χ4v) is 8.42. The first kappa shape index (κ1) is 28.2. The highest BCUT2D eigenvalue weighted by atomic mass is 14.8. The van der Waals surface area contributed by atoms with Crippen molar-refractivity contribution in [3.63, 3.8) is 0 Å². The van der Waals surface area contributed by atoms with Gasteiger partial charge in [-0.1, -0.05) is 119 Å². The fourth-order valence-electron chi connectivity index (χ4n) is 8.42. The summed E-state index contributed by atoms with van der Waals surface area (Å²) in [7, 11) is 0. The van der Waals surface area contributed by atoms with Crippen LogP contribution in [0.15, 0.2) is 108 Å². The molecule has 8 rings (SSSR count). The molecule has 3 atom stereocenters. The van der Waals surface area contributed by atoms with Crippen molar-refractivity contribution in [1.82, 2.24) is 0 Å². The average molecular weight is 588 g/mol. The van der Waals surface area contributed by atoms with E-state index in [2.05, 4.69) is 136 Å². The molecule has 224 valence electrons. The van der Waals surface area contributed by atoms with Crippen molar-refractivity contribution in [3.8, 4) is 11.1 Å². The van der Waals surface area contributed by atoms with Gasteiger partial charge < -0.3 is 0 Å². The number of hydrogen-bond donors (Lipinski definition) is 1. The van der Waals surface area contributed by atoms with E-state index < -0.39 is 0 Å². The van der Waals surface area contributed by atoms with Crippen molar-refractivity contribution >= 4 is 17.5 Å². The third-order valence-corrected chi connectivity index (χ3v) is 11.0. The zero-order valence-electron chi connectivity index (χ0n) is 27.0. The number of benzene rings is 4. The van der Waals surface area contributed by atoms with E-state index in [1.54, 1.807) is 0 Å². The van der Waals surface area contributed by atoms with Crippen LogP contribution in [0.25, 0.3) is 17.2 Å². The quantitative estimate of drug-likeness (QED) is 0.256. The summed E-state index contributed by atoms with van der Waals surface area (Å²) >= 11 is 0. The molecule has 4 aromatic rings. The Morgan fingerprint density at radius 1 is 0.867 bits per heavy atom. The van der Waals surface area contributed by atoms with Crippen molar-refractivity contribution < 1.29 is 4.99 Å². The minimum absolute atomic E-state index is 0.00676. The normalized spacial score (nSPS) is 22.2. The molecule has 0 amide bonds. The van der Waals surface area contributed by atoms with Crippen LogP contribution in [0, 0.1) is 5.92 Å². The first-order chi connectivity index (χ1) is 22.0. The molecule has 4 aromatic carbocycles. The Kier molecular flexibility index (Phi) is 6.86. The van der Waals surface area contributed by atoms with Crippen LogP contribution in [0.2, 0.25) is 0 Å². The second kappa shape index (κ2) is 10.9. The molecule has 2 heterocycles. The maximum absolute atomic E-state index is 5.43. The van der Waals surface area contributed by atoms with Crippen LogP contribution in [-0.2, 0) is 18.3 Å². The summed E-state index contributed by atoms with van der Waals surface area (Å²) in [6, 6.07) is 29.8. The number of nitrogens with one attached hydrogen (secondary N) is 1. The Hall–Kier alpha value is -4.30. The molecule has 2 heteroatoms. The molecule has 2 aliphatic carbocycles. The molecule has 0 aromatic heterocycles. The zero-order valence-corrected chi connectivity index (χ0v) is 27.0. The Balaban J connectivity index is 1.15. The predicted molar refractivity (Wildman–Crippen MR) is 187 cm³/mol. The van der Waals surface area contributed by atoms with Crippen molar-refractivity contribution in [2.24, 2.45) is 10.9 Å². The molecule has 0 spiro atoms. The average Bonchev–Trinajstić information content (AvgIpc) is 3.33. The van der Waals surface area contributed by atoms with Gasteiger partial charge in [0.15, 0.2) is 6.04 Å². The van der Waals surface area contributed by atoms with Gasteiger partial charge in [-0.15, -0.1) is 0 Å². The zero-order chi connectivity index (χ0) is 30.7. The summed E-state index contributed by atoms with van der Waals surface area (Å²) in [5.74, 6) is 0.949. The molecule has 1 N–H and O–H groups in total. The number of fused-ring (bicyclic) bond motifs is 6. The second-order valence-corrected chi connectivity index (χ2v) is 13.8. The van der Waals surface area contributed by atoms with Gasteiger partial charge in [0.25, 0.3) is 0 Å². The SMILES string of the molecule is CCc1ccccc1C1C=CC(C2CC=c3ccc4c(c3=[NH+]2)N=C(c2ccc3c(c2)C(C)(C)c2ccccc2-3)CC4)=CC1CC. The van der Waals surface area contributed by atoms with Gasteiger partial charge in [0.05, 0.1) is 0 Å². The second-order valence-electron chi connectivity index (χ2n) is 13.8. The van der Waals surface area contributed by atoms with Gasteiger partial charge in [-0.25, -0.2) is 9.98 Å². The molecular weight excluding hydrogens is 544 g/mol. The molecule has 0 radical (unpaired) electrons. The van der Waals surface area contributed by atoms with Crippen molar-refractivity contribution in [2.45, 2.75) is 77.2 Å². The Bertz CT molecular complexity index is 2050. The fraction of sp³-hybridized carbons (Fsp3) is 0.302. The van der Waals surface area contributed by atoms with Gasteiger partial charge in [0, 0.05) is 34.3 Å². The number of allylic oxidation sites excluding steroid dienone is 2. The van der Waals surface area contributed by atoms with Crippen molar-refractivity contribution in [2.75, 3.05) is 0 Å². The summed E-state index contributed by atoms with van der Waals surface area (Å²) < 4.78 is 0. The number of hydrogen-bond acceptors (Lipinski definition) is 1. The standard InChI is InChI=1S/C43H42N2/c1-5-27-11-7-8-12-33(27)34-21-17-31(25-28(34)6-2)39-23-19-29-15-16-30-20-24-40(45-42(30)41(29)44-39)32-18-22-36-35-13-9-10-14-37(35)43(3,4)38(36)26-32/h7-19,21-22,25-26,28,34,39H,5-6,20,23-24H2,1-4H3/p+1. The predicted octanol–water partition coefficient (Wildman–Crippen LogP) is 7.18. The number of rotatable bonds is 5. The molecule has 0 fully saturated rings. The van der Waals surface area contributed by atoms with Crippen molar-refractivity contribution in [1.29, 1.82) is 0 Å². The van der Waals surface area contributed by atoms with Crippen LogP contribution in [0.3, 0.4) is 0 Å². The van der Waals surface area contributed by atoms with E-state index in [0.717, 1.165) is 37.8 Å². The highest BCUT2D eigenvalue weighted by molar-refractivity contribution is 6.04. The molecule has 3 unspecified atom stereocenters. The van der Waals surface area contributed by atoms with Crippen LogP contribution < -0.4 is 15.6 Å². The number of nitrogens with zero attached hydrogens (tertiary/aromatic N) is 1. The summed E-state index contributed by atoms with van der Waals surface area (Å²) in [6.07, 6.45) is 15.0. The monoisotopic (exact) mass is 587 g/mol. The first-order valence-corrected chi connectivity index (χ1v) is 17.0. The smallest absolute Gasteiger partial charge is 0.232 e. The highest BCUT2D eigenvalue weighted by Crippen LogP contribution is 2.49. The Labute approximate surface area is 267 Å². The summed E-state index contributed by atoms with van der Waals surface area (Å²) in [5.41, 5.74) is 14.9. The van der Waals surface area contributed by atoms with E-state index in [4.69, 9.17) is 4.99 Å². The largest absolute Gasteiger partial charge is 0.246 e.